The summed E-state index contributed by atoms with van der Waals surface area (Å²) in [6.45, 7) is 2.90. The van der Waals surface area contributed by atoms with Gasteiger partial charge in [0.1, 0.15) is 19.2 Å². The predicted octanol–water partition coefficient (Wildman–Crippen LogP) is 1.71. The maximum atomic E-state index is 10.9. The van der Waals surface area contributed by atoms with Gasteiger partial charge >= 0.3 is 0 Å². The van der Waals surface area contributed by atoms with E-state index in [1.54, 1.807) is 16.8 Å². The van der Waals surface area contributed by atoms with E-state index in [1.807, 2.05) is 6.92 Å². The highest BCUT2D eigenvalue weighted by Crippen LogP contribution is 2.38. The number of methoxy groups -OCH3 is 2. The quantitative estimate of drug-likeness (QED) is 0.723. The van der Waals surface area contributed by atoms with E-state index in [4.69, 9.17) is 14.2 Å². The van der Waals surface area contributed by atoms with Crippen molar-refractivity contribution in [3.8, 4) is 17.2 Å². The Labute approximate surface area is 122 Å². The summed E-state index contributed by atoms with van der Waals surface area (Å²) in [7, 11) is 3.01. The molecule has 0 radical (unpaired) electrons. The Kier molecular flexibility index (Phi) is 4.76. The number of aromatic nitrogens is 3. The van der Waals surface area contributed by atoms with Gasteiger partial charge in [-0.15, -0.1) is 0 Å². The van der Waals surface area contributed by atoms with E-state index in [9.17, 15) is 4.79 Å². The Bertz CT molecular complexity index is 599. The second-order valence-electron chi connectivity index (χ2n) is 4.15. The molecular weight excluding hydrogens is 274 g/mol. The average Bonchev–Trinajstić information content (AvgIpc) is 2.99. The predicted molar refractivity (Wildman–Crippen MR) is 75.0 cm³/mol. The second kappa shape index (κ2) is 6.74. The average molecular weight is 291 g/mol. The zero-order valence-electron chi connectivity index (χ0n) is 12.2. The lowest BCUT2D eigenvalue weighted by Crippen LogP contribution is -2.08. The number of carbonyl (C=O) groups excluding carboxylic acids is 1. The molecule has 0 saturated carbocycles. The summed E-state index contributed by atoms with van der Waals surface area (Å²) in [6, 6.07) is 3.19. The molecular formula is C14H17N3O4. The van der Waals surface area contributed by atoms with Crippen LogP contribution in [0.15, 0.2) is 18.5 Å². The molecule has 0 N–H and O–H groups in total. The van der Waals surface area contributed by atoms with Gasteiger partial charge in [-0.2, -0.15) is 5.10 Å². The fourth-order valence-electron chi connectivity index (χ4n) is 1.91. The van der Waals surface area contributed by atoms with Gasteiger partial charge in [0.15, 0.2) is 17.3 Å². The van der Waals surface area contributed by atoms with E-state index < -0.39 is 0 Å². The van der Waals surface area contributed by atoms with Gasteiger partial charge in [0.2, 0.25) is 5.75 Å². The maximum Gasteiger partial charge on any atom is 0.204 e. The number of rotatable bonds is 7. The summed E-state index contributed by atoms with van der Waals surface area (Å²) >= 11 is 0. The molecule has 0 spiro atoms. The fraction of sp³-hybridized carbons (Fsp3) is 0.357. The first-order valence-corrected chi connectivity index (χ1v) is 6.44. The number of hydrogen-bond acceptors (Lipinski definition) is 6. The molecule has 2 rings (SSSR count). The van der Waals surface area contributed by atoms with Crippen molar-refractivity contribution in [1.82, 2.24) is 14.8 Å². The molecule has 1 heterocycles. The van der Waals surface area contributed by atoms with Crippen LogP contribution in [0.1, 0.15) is 23.1 Å². The van der Waals surface area contributed by atoms with Crippen LogP contribution in [0.25, 0.3) is 0 Å². The lowest BCUT2D eigenvalue weighted by atomic mass is 10.2. The van der Waals surface area contributed by atoms with Crippen LogP contribution in [0.3, 0.4) is 0 Å². The van der Waals surface area contributed by atoms with Crippen LogP contribution in [0.2, 0.25) is 0 Å². The van der Waals surface area contributed by atoms with Gasteiger partial charge in [0.05, 0.1) is 14.2 Å². The van der Waals surface area contributed by atoms with Crippen molar-refractivity contribution in [2.45, 2.75) is 20.1 Å². The van der Waals surface area contributed by atoms with E-state index in [-0.39, 0.29) is 6.61 Å². The molecule has 0 fully saturated rings. The molecule has 0 saturated heterocycles. The van der Waals surface area contributed by atoms with Crippen LogP contribution in [0, 0.1) is 0 Å². The highest BCUT2D eigenvalue weighted by Gasteiger charge is 2.15. The minimum absolute atomic E-state index is 0.223. The molecule has 0 atom stereocenters. The minimum Gasteiger partial charge on any atom is -0.493 e. The SMILES string of the molecule is CCn1ncnc1COc1c(OC)cc(C=O)cc1OC. The van der Waals surface area contributed by atoms with Gasteiger partial charge in [-0.25, -0.2) is 9.67 Å². The molecule has 0 unspecified atom stereocenters. The Balaban J connectivity index is 2.28. The first kappa shape index (κ1) is 14.8. The van der Waals surface area contributed by atoms with Gasteiger partial charge in [0, 0.05) is 12.1 Å². The highest BCUT2D eigenvalue weighted by molar-refractivity contribution is 5.78. The summed E-state index contributed by atoms with van der Waals surface area (Å²) < 4.78 is 18.0. The van der Waals surface area contributed by atoms with Gasteiger partial charge in [-0.05, 0) is 19.1 Å². The summed E-state index contributed by atoms with van der Waals surface area (Å²) in [4.78, 5) is 15.0. The molecule has 0 aliphatic heterocycles. The number of hydrogen-bond donors (Lipinski definition) is 0. The number of carbonyl (C=O) groups is 1. The molecule has 0 amide bonds. The Morgan fingerprint density at radius 1 is 1.24 bits per heavy atom. The molecule has 7 heteroatoms. The number of aryl methyl sites for hydroxylation is 1. The van der Waals surface area contributed by atoms with E-state index in [0.29, 0.717) is 35.2 Å². The molecule has 0 aliphatic carbocycles. The fourth-order valence-corrected chi connectivity index (χ4v) is 1.91. The lowest BCUT2D eigenvalue weighted by molar-refractivity contribution is 0.112. The van der Waals surface area contributed by atoms with Crippen LogP contribution < -0.4 is 14.2 Å². The summed E-state index contributed by atoms with van der Waals surface area (Å²) in [5.41, 5.74) is 0.452. The van der Waals surface area contributed by atoms with Crippen molar-refractivity contribution in [3.05, 3.63) is 29.8 Å². The van der Waals surface area contributed by atoms with Crippen molar-refractivity contribution in [2.24, 2.45) is 0 Å². The van der Waals surface area contributed by atoms with E-state index in [2.05, 4.69) is 10.1 Å². The summed E-state index contributed by atoms with van der Waals surface area (Å²) in [6.07, 6.45) is 2.20. The van der Waals surface area contributed by atoms with Crippen LogP contribution in [0.4, 0.5) is 0 Å². The summed E-state index contributed by atoms with van der Waals surface area (Å²) in [5, 5.41) is 4.08. The van der Waals surface area contributed by atoms with Crippen LogP contribution in [-0.2, 0) is 13.2 Å². The van der Waals surface area contributed by atoms with Crippen LogP contribution in [-0.4, -0.2) is 35.3 Å². The molecule has 7 nitrogen and oxygen atoms in total. The normalized spacial score (nSPS) is 10.2. The Morgan fingerprint density at radius 2 is 1.90 bits per heavy atom. The van der Waals surface area contributed by atoms with E-state index in [1.165, 1.54) is 20.5 Å². The van der Waals surface area contributed by atoms with Gasteiger partial charge in [-0.3, -0.25) is 4.79 Å². The smallest absolute Gasteiger partial charge is 0.204 e. The maximum absolute atomic E-state index is 10.9. The van der Waals surface area contributed by atoms with Gasteiger partial charge < -0.3 is 14.2 Å². The zero-order chi connectivity index (χ0) is 15.2. The summed E-state index contributed by atoms with van der Waals surface area (Å²) in [5.74, 6) is 1.98. The monoisotopic (exact) mass is 291 g/mol. The van der Waals surface area contributed by atoms with Crippen molar-refractivity contribution in [3.63, 3.8) is 0 Å². The number of nitrogens with zero attached hydrogens (tertiary/aromatic N) is 3. The molecule has 1 aromatic heterocycles. The number of aldehydes is 1. The first-order valence-electron chi connectivity index (χ1n) is 6.44. The van der Waals surface area contributed by atoms with E-state index in [0.717, 1.165) is 6.29 Å². The van der Waals surface area contributed by atoms with Crippen molar-refractivity contribution in [1.29, 1.82) is 0 Å². The lowest BCUT2D eigenvalue weighted by Gasteiger charge is -2.14. The largest absolute Gasteiger partial charge is 0.493 e. The molecule has 112 valence electrons. The second-order valence-corrected chi connectivity index (χ2v) is 4.15. The van der Waals surface area contributed by atoms with Crippen molar-refractivity contribution < 1.29 is 19.0 Å². The number of benzene rings is 1. The first-order chi connectivity index (χ1) is 10.2. The molecule has 0 bridgehead atoms. The van der Waals surface area contributed by atoms with E-state index >= 15 is 0 Å². The molecule has 1 aromatic carbocycles. The standard InChI is InChI=1S/C14H17N3O4/c1-4-17-13(15-9-16-17)8-21-14-11(19-2)5-10(7-18)6-12(14)20-3/h5-7,9H,4,8H2,1-3H3. The molecule has 0 aliphatic rings. The minimum atomic E-state index is 0.223. The Morgan fingerprint density at radius 3 is 2.43 bits per heavy atom. The van der Waals surface area contributed by atoms with Gasteiger partial charge in [-0.1, -0.05) is 0 Å². The van der Waals surface area contributed by atoms with Crippen molar-refractivity contribution >= 4 is 6.29 Å². The Hall–Kier alpha value is -2.57. The van der Waals surface area contributed by atoms with Crippen LogP contribution in [0.5, 0.6) is 17.2 Å². The highest BCUT2D eigenvalue weighted by atomic mass is 16.5. The molecule has 21 heavy (non-hydrogen) atoms. The third-order valence-corrected chi connectivity index (χ3v) is 2.96. The number of ether oxygens (including phenoxy) is 3. The van der Waals surface area contributed by atoms with Gasteiger partial charge in [0.25, 0.3) is 0 Å². The molecule has 2 aromatic rings. The topological polar surface area (TPSA) is 75.5 Å². The zero-order valence-corrected chi connectivity index (χ0v) is 12.2. The third kappa shape index (κ3) is 3.13. The van der Waals surface area contributed by atoms with Crippen molar-refractivity contribution in [2.75, 3.05) is 14.2 Å². The van der Waals surface area contributed by atoms with Crippen LogP contribution >= 0.6 is 0 Å². The third-order valence-electron chi connectivity index (χ3n) is 2.96.